The van der Waals surface area contributed by atoms with Crippen molar-refractivity contribution < 1.29 is 24.3 Å². The van der Waals surface area contributed by atoms with E-state index in [1.807, 2.05) is 0 Å². The van der Waals surface area contributed by atoms with Crippen molar-refractivity contribution >= 4 is 11.8 Å². The smallest absolute Gasteiger partial charge is 0.251 e. The van der Waals surface area contributed by atoms with E-state index in [-0.39, 0.29) is 30.2 Å². The fourth-order valence-electron chi connectivity index (χ4n) is 3.09. The first kappa shape index (κ1) is 22.5. The maximum atomic E-state index is 13.1. The molecule has 0 bridgehead atoms. The number of carbonyl (C=O) groups is 2. The van der Waals surface area contributed by atoms with Gasteiger partial charge in [-0.1, -0.05) is 37.1 Å². The Hall–Kier alpha value is -2.77. The molecule has 2 amide bonds. The van der Waals surface area contributed by atoms with Gasteiger partial charge in [-0.3, -0.25) is 14.8 Å². The highest BCUT2D eigenvalue weighted by atomic mass is 19.1. The number of amides is 2. The molecule has 0 aromatic heterocycles. The summed E-state index contributed by atoms with van der Waals surface area (Å²) in [4.78, 5) is 23.1. The van der Waals surface area contributed by atoms with Gasteiger partial charge in [-0.05, 0) is 48.2 Å². The number of nitrogens with one attached hydrogen (secondary N) is 2. The summed E-state index contributed by atoms with van der Waals surface area (Å²) in [6.07, 6.45) is 3.53. The van der Waals surface area contributed by atoms with Crippen LogP contribution in [-0.4, -0.2) is 35.3 Å². The molecule has 29 heavy (non-hydrogen) atoms. The van der Waals surface area contributed by atoms with Gasteiger partial charge in [0.15, 0.2) is 0 Å². The van der Waals surface area contributed by atoms with Gasteiger partial charge in [0.05, 0.1) is 6.61 Å². The Balaban J connectivity index is 1.79. The first-order valence-electron chi connectivity index (χ1n) is 9.72. The van der Waals surface area contributed by atoms with Gasteiger partial charge >= 0.3 is 0 Å². The maximum Gasteiger partial charge on any atom is 0.251 e. The predicted molar refractivity (Wildman–Crippen MR) is 107 cm³/mol. The third-order valence-electron chi connectivity index (χ3n) is 4.77. The first-order valence-corrected chi connectivity index (χ1v) is 9.72. The Morgan fingerprint density at radius 2 is 1.48 bits per heavy atom. The molecule has 0 heterocycles. The van der Waals surface area contributed by atoms with Crippen LogP contribution in [0, 0.1) is 5.82 Å². The molecule has 0 saturated heterocycles. The Kier molecular flexibility index (Phi) is 9.27. The zero-order chi connectivity index (χ0) is 21.1. The first-order chi connectivity index (χ1) is 14.0. The molecular weight excluding hydrogens is 375 g/mol. The minimum absolute atomic E-state index is 0.114. The molecule has 0 radical (unpaired) electrons. The number of hydrogen-bond acceptors (Lipinski definition) is 4. The van der Waals surface area contributed by atoms with Crippen molar-refractivity contribution in [2.45, 2.75) is 38.0 Å². The quantitative estimate of drug-likeness (QED) is 0.264. The van der Waals surface area contributed by atoms with Crippen molar-refractivity contribution in [2.75, 3.05) is 13.2 Å². The van der Waals surface area contributed by atoms with Crippen LogP contribution in [0.3, 0.4) is 0 Å². The average Bonchev–Trinajstić information content (AvgIpc) is 2.75. The summed E-state index contributed by atoms with van der Waals surface area (Å²) in [5, 5.41) is 21.0. The van der Waals surface area contributed by atoms with Crippen LogP contribution in [0.1, 0.15) is 59.5 Å². The molecule has 2 rings (SSSR count). The average molecular weight is 402 g/mol. The van der Waals surface area contributed by atoms with E-state index >= 15 is 0 Å². The van der Waals surface area contributed by atoms with Crippen LogP contribution >= 0.6 is 0 Å². The van der Waals surface area contributed by atoms with Gasteiger partial charge < -0.3 is 10.4 Å². The molecule has 2 aromatic carbocycles. The molecule has 7 heteroatoms. The lowest BCUT2D eigenvalue weighted by molar-refractivity contribution is -0.129. The summed E-state index contributed by atoms with van der Waals surface area (Å²) in [6.45, 7) is 0.429. The van der Waals surface area contributed by atoms with Crippen LogP contribution in [0.2, 0.25) is 0 Å². The van der Waals surface area contributed by atoms with Gasteiger partial charge in [-0.2, -0.15) is 0 Å². The van der Waals surface area contributed by atoms with Gasteiger partial charge in [0.2, 0.25) is 5.91 Å². The monoisotopic (exact) mass is 402 g/mol. The highest BCUT2D eigenvalue weighted by Crippen LogP contribution is 2.24. The van der Waals surface area contributed by atoms with Gasteiger partial charge in [-0.25, -0.2) is 9.87 Å². The van der Waals surface area contributed by atoms with Crippen molar-refractivity contribution in [3.8, 4) is 0 Å². The number of halogens is 1. The molecule has 0 aliphatic heterocycles. The van der Waals surface area contributed by atoms with Crippen LogP contribution in [0.5, 0.6) is 0 Å². The van der Waals surface area contributed by atoms with E-state index in [4.69, 9.17) is 5.21 Å². The number of aliphatic hydroxyl groups is 1. The van der Waals surface area contributed by atoms with Crippen LogP contribution in [-0.2, 0) is 4.79 Å². The second kappa shape index (κ2) is 11.9. The predicted octanol–water partition coefficient (Wildman–Crippen LogP) is 3.14. The zero-order valence-corrected chi connectivity index (χ0v) is 16.2. The fraction of sp³-hybridized carbons (Fsp3) is 0.364. The third-order valence-corrected chi connectivity index (χ3v) is 4.77. The summed E-state index contributed by atoms with van der Waals surface area (Å²) >= 11 is 0. The Morgan fingerprint density at radius 1 is 0.897 bits per heavy atom. The van der Waals surface area contributed by atoms with Crippen molar-refractivity contribution in [1.29, 1.82) is 0 Å². The number of unbranched alkanes of at least 4 members (excludes halogenated alkanes) is 3. The van der Waals surface area contributed by atoms with Gasteiger partial charge in [0.25, 0.3) is 5.91 Å². The molecule has 0 aliphatic rings. The molecule has 6 nitrogen and oxygen atoms in total. The molecule has 0 fully saturated rings. The largest absolute Gasteiger partial charge is 0.395 e. The summed E-state index contributed by atoms with van der Waals surface area (Å²) in [7, 11) is 0. The van der Waals surface area contributed by atoms with Crippen molar-refractivity contribution in [2.24, 2.45) is 0 Å². The van der Waals surface area contributed by atoms with Crippen LogP contribution in [0.4, 0.5) is 4.39 Å². The minimum Gasteiger partial charge on any atom is -0.395 e. The number of rotatable bonds is 11. The van der Waals surface area contributed by atoms with Crippen molar-refractivity contribution in [3.05, 3.63) is 71.0 Å². The molecule has 4 N–H and O–H groups in total. The standard InChI is InChI=1S/C22H27FN2O4/c23-19-12-10-17(11-13-19)20(15-26)16-6-8-18(9-7-16)22(28)24-14-4-2-1-3-5-21(27)25-29/h6-13,20,26,29H,1-5,14-15H2,(H,24,28)(H,25,27). The normalized spacial score (nSPS) is 11.7. The Morgan fingerprint density at radius 3 is 2.07 bits per heavy atom. The van der Waals surface area contributed by atoms with Crippen LogP contribution in [0.15, 0.2) is 48.5 Å². The Labute approximate surface area is 169 Å². The molecule has 0 saturated carbocycles. The second-order valence-corrected chi connectivity index (χ2v) is 6.86. The summed E-state index contributed by atoms with van der Waals surface area (Å²) in [6, 6.07) is 13.0. The van der Waals surface area contributed by atoms with E-state index in [2.05, 4.69) is 5.32 Å². The Bertz CT molecular complexity index is 778. The van der Waals surface area contributed by atoms with Crippen LogP contribution in [0.25, 0.3) is 0 Å². The second-order valence-electron chi connectivity index (χ2n) is 6.86. The number of aliphatic hydroxyl groups excluding tert-OH is 1. The highest BCUT2D eigenvalue weighted by Gasteiger charge is 2.14. The summed E-state index contributed by atoms with van der Waals surface area (Å²) in [5.41, 5.74) is 3.79. The SMILES string of the molecule is O=C(CCCCCCNC(=O)c1ccc(C(CO)c2ccc(F)cc2)cc1)NO. The van der Waals surface area contributed by atoms with E-state index in [0.717, 1.165) is 30.4 Å². The number of hydroxylamine groups is 1. The molecule has 1 atom stereocenters. The van der Waals surface area contributed by atoms with E-state index in [1.54, 1.807) is 41.9 Å². The summed E-state index contributed by atoms with van der Waals surface area (Å²) < 4.78 is 13.1. The van der Waals surface area contributed by atoms with Crippen LogP contribution < -0.4 is 10.8 Å². The number of carbonyl (C=O) groups excluding carboxylic acids is 2. The number of hydrogen-bond donors (Lipinski definition) is 4. The lowest BCUT2D eigenvalue weighted by Crippen LogP contribution is -2.24. The van der Waals surface area contributed by atoms with Gasteiger partial charge in [0, 0.05) is 24.4 Å². The molecule has 156 valence electrons. The molecular formula is C22H27FN2O4. The lowest BCUT2D eigenvalue weighted by Gasteiger charge is -2.15. The van der Waals surface area contributed by atoms with Crippen molar-refractivity contribution in [3.63, 3.8) is 0 Å². The molecule has 0 aliphatic carbocycles. The molecule has 2 aromatic rings. The maximum absolute atomic E-state index is 13.1. The van der Waals surface area contributed by atoms with E-state index in [1.165, 1.54) is 12.1 Å². The molecule has 0 spiro atoms. The van der Waals surface area contributed by atoms with Crippen molar-refractivity contribution in [1.82, 2.24) is 10.8 Å². The minimum atomic E-state index is -0.385. The number of benzene rings is 2. The highest BCUT2D eigenvalue weighted by molar-refractivity contribution is 5.94. The lowest BCUT2D eigenvalue weighted by atomic mass is 9.91. The fourth-order valence-corrected chi connectivity index (χ4v) is 3.09. The van der Waals surface area contributed by atoms with Gasteiger partial charge in [0.1, 0.15) is 5.82 Å². The van der Waals surface area contributed by atoms with E-state index in [9.17, 15) is 19.1 Å². The van der Waals surface area contributed by atoms with E-state index < -0.39 is 0 Å². The van der Waals surface area contributed by atoms with Gasteiger partial charge in [-0.15, -0.1) is 0 Å². The van der Waals surface area contributed by atoms with E-state index in [0.29, 0.717) is 24.9 Å². The third kappa shape index (κ3) is 7.29. The summed E-state index contributed by atoms with van der Waals surface area (Å²) in [5.74, 6) is -1.16. The topological polar surface area (TPSA) is 98.7 Å². The molecule has 1 unspecified atom stereocenters. The zero-order valence-electron chi connectivity index (χ0n) is 16.2.